The van der Waals surface area contributed by atoms with E-state index in [1.54, 1.807) is 0 Å². The van der Waals surface area contributed by atoms with E-state index in [2.05, 4.69) is 0 Å². The molecule has 0 saturated heterocycles. The van der Waals surface area contributed by atoms with E-state index in [4.69, 9.17) is 29.7 Å². The van der Waals surface area contributed by atoms with Gasteiger partial charge in [0.25, 0.3) is 0 Å². The van der Waals surface area contributed by atoms with Crippen molar-refractivity contribution < 1.29 is 44.1 Å². The minimum atomic E-state index is -2.87. The van der Waals surface area contributed by atoms with Gasteiger partial charge in [0.15, 0.2) is 0 Å². The highest BCUT2D eigenvalue weighted by Gasteiger charge is 1.93. The Morgan fingerprint density at radius 2 is 0.818 bits per heavy atom. The summed E-state index contributed by atoms with van der Waals surface area (Å²) in [5, 5.41) is 23.7. The molecule has 0 saturated carbocycles. The molecule has 0 radical (unpaired) electrons. The lowest BCUT2D eigenvalue weighted by Gasteiger charge is -1.79. The molecule has 9 nitrogen and oxygen atoms in total. The summed E-state index contributed by atoms with van der Waals surface area (Å²) in [6, 6.07) is 0. The third-order valence-electron chi connectivity index (χ3n) is 1.39. The molecule has 0 spiro atoms. The SMILES string of the molecule is CCCC(=O)O.CCCC(=O)O.CCCC(=O)O.O=[P+](O)O. The Morgan fingerprint density at radius 1 is 0.682 bits per heavy atom. The zero-order valence-electron chi connectivity index (χ0n) is 13.1. The Morgan fingerprint density at radius 3 is 0.818 bits per heavy atom. The van der Waals surface area contributed by atoms with Gasteiger partial charge in [-0.05, 0) is 19.3 Å². The first-order valence-electron chi connectivity index (χ1n) is 6.55. The van der Waals surface area contributed by atoms with E-state index >= 15 is 0 Å². The predicted octanol–water partition coefficient (Wildman–Crippen LogP) is 2.24. The van der Waals surface area contributed by atoms with Gasteiger partial charge in [0.1, 0.15) is 0 Å². The Balaban J connectivity index is -0.0000000994. The second kappa shape index (κ2) is 24.4. The van der Waals surface area contributed by atoms with E-state index in [1.807, 2.05) is 20.8 Å². The molecule has 0 atom stereocenters. The first-order chi connectivity index (χ1) is 10.0. The molecule has 0 aromatic rings. The smallest absolute Gasteiger partial charge is 0.481 e. The molecule has 10 heteroatoms. The first kappa shape index (κ1) is 28.6. The molecule has 0 unspecified atom stereocenters. The highest BCUT2D eigenvalue weighted by atomic mass is 31.1. The van der Waals surface area contributed by atoms with Crippen LogP contribution in [0.4, 0.5) is 0 Å². The summed E-state index contributed by atoms with van der Waals surface area (Å²) >= 11 is 0. The van der Waals surface area contributed by atoms with E-state index in [-0.39, 0.29) is 0 Å². The molecule has 0 fully saturated rings. The summed E-state index contributed by atoms with van der Waals surface area (Å²) in [6.45, 7) is 5.52. The average molecular weight is 345 g/mol. The maximum atomic E-state index is 9.60. The van der Waals surface area contributed by atoms with Gasteiger partial charge in [0, 0.05) is 23.8 Å². The number of rotatable bonds is 6. The van der Waals surface area contributed by atoms with Crippen LogP contribution in [-0.2, 0) is 18.9 Å². The van der Waals surface area contributed by atoms with E-state index in [9.17, 15) is 14.4 Å². The molecule has 0 amide bonds. The van der Waals surface area contributed by atoms with Crippen molar-refractivity contribution in [3.05, 3.63) is 0 Å². The molecule has 0 aromatic carbocycles. The van der Waals surface area contributed by atoms with Crippen molar-refractivity contribution in [1.82, 2.24) is 0 Å². The van der Waals surface area contributed by atoms with Gasteiger partial charge < -0.3 is 15.3 Å². The Labute approximate surface area is 130 Å². The third kappa shape index (κ3) is 101. The summed E-state index contributed by atoms with van der Waals surface area (Å²) in [5.74, 6) is -2.13. The van der Waals surface area contributed by atoms with Crippen molar-refractivity contribution in [2.75, 3.05) is 0 Å². The zero-order chi connectivity index (χ0) is 18.6. The van der Waals surface area contributed by atoms with Crippen LogP contribution in [0, 0.1) is 0 Å². The van der Waals surface area contributed by atoms with Crippen LogP contribution in [0.5, 0.6) is 0 Å². The number of carboxylic acids is 3. The van der Waals surface area contributed by atoms with Crippen molar-refractivity contribution in [1.29, 1.82) is 0 Å². The van der Waals surface area contributed by atoms with Crippen LogP contribution >= 0.6 is 8.25 Å². The highest BCUT2D eigenvalue weighted by Crippen LogP contribution is 1.98. The van der Waals surface area contributed by atoms with E-state index < -0.39 is 26.2 Å². The first-order valence-corrected chi connectivity index (χ1v) is 7.71. The van der Waals surface area contributed by atoms with Crippen molar-refractivity contribution in [2.45, 2.75) is 59.3 Å². The summed E-state index contributed by atoms with van der Waals surface area (Å²) in [4.78, 5) is 43.0. The lowest BCUT2D eigenvalue weighted by molar-refractivity contribution is -0.138. The standard InChI is InChI=1S/3C4H8O2.HO3P/c3*1-2-3-4(5)6;1-4(2)3/h3*2-3H2,1H3,(H,5,6);(H-,1,2,3)/p+1. The fraction of sp³-hybridized carbons (Fsp3) is 0.750. The zero-order valence-corrected chi connectivity index (χ0v) is 14.0. The topological polar surface area (TPSA) is 169 Å². The van der Waals surface area contributed by atoms with Gasteiger partial charge in [-0.25, -0.2) is 0 Å². The van der Waals surface area contributed by atoms with E-state index in [1.165, 1.54) is 0 Å². The molecule has 132 valence electrons. The molecule has 0 rings (SSSR count). The van der Waals surface area contributed by atoms with Gasteiger partial charge >= 0.3 is 26.2 Å². The average Bonchev–Trinajstić information content (AvgIpc) is 2.28. The lowest BCUT2D eigenvalue weighted by Crippen LogP contribution is -1.90. The van der Waals surface area contributed by atoms with Gasteiger partial charge in [0.2, 0.25) is 0 Å². The number of hydrogen-bond acceptors (Lipinski definition) is 4. The van der Waals surface area contributed by atoms with Crippen LogP contribution in [0.15, 0.2) is 0 Å². The van der Waals surface area contributed by atoms with Gasteiger partial charge in [-0.2, -0.15) is 0 Å². The number of aliphatic carboxylic acids is 3. The molecule has 5 N–H and O–H groups in total. The van der Waals surface area contributed by atoms with E-state index in [0.29, 0.717) is 19.3 Å². The molecule has 0 aliphatic rings. The van der Waals surface area contributed by atoms with Gasteiger partial charge in [-0.15, -0.1) is 9.79 Å². The fourth-order valence-electron chi connectivity index (χ4n) is 0.642. The summed E-state index contributed by atoms with van der Waals surface area (Å²) < 4.78 is 8.70. The summed E-state index contributed by atoms with van der Waals surface area (Å²) in [7, 11) is -2.87. The normalized spacial score (nSPS) is 7.86. The van der Waals surface area contributed by atoms with Gasteiger partial charge in [-0.1, -0.05) is 20.8 Å². The van der Waals surface area contributed by atoms with Crippen LogP contribution in [-0.4, -0.2) is 43.0 Å². The third-order valence-corrected chi connectivity index (χ3v) is 1.39. The lowest BCUT2D eigenvalue weighted by atomic mass is 10.4. The molecule has 0 aliphatic carbocycles. The second-order valence-electron chi connectivity index (χ2n) is 3.68. The maximum absolute atomic E-state index is 9.60. The van der Waals surface area contributed by atoms with Crippen LogP contribution in [0.3, 0.4) is 0 Å². The molecule has 0 aromatic heterocycles. The fourth-order valence-corrected chi connectivity index (χ4v) is 0.642. The molecule has 0 aliphatic heterocycles. The minimum Gasteiger partial charge on any atom is -0.481 e. The number of carbonyl (C=O) groups is 3. The number of hydrogen-bond donors (Lipinski definition) is 5. The summed E-state index contributed by atoms with van der Waals surface area (Å²) in [6.07, 6.45) is 3.07. The Kier molecular flexibility index (Phi) is 31.8. The summed E-state index contributed by atoms with van der Waals surface area (Å²) in [5.41, 5.74) is 0. The minimum absolute atomic E-state index is 0.292. The van der Waals surface area contributed by atoms with Gasteiger partial charge in [0.05, 0.1) is 0 Å². The van der Waals surface area contributed by atoms with Crippen LogP contribution in [0.2, 0.25) is 0 Å². The molecular weight excluding hydrogens is 319 g/mol. The maximum Gasteiger partial charge on any atom is 0.692 e. The molecule has 0 bridgehead atoms. The van der Waals surface area contributed by atoms with Crippen molar-refractivity contribution >= 4 is 26.2 Å². The highest BCUT2D eigenvalue weighted by molar-refractivity contribution is 7.30. The molecular formula is C12H26O9P+. The van der Waals surface area contributed by atoms with Crippen molar-refractivity contribution in [3.8, 4) is 0 Å². The van der Waals surface area contributed by atoms with Crippen LogP contribution < -0.4 is 0 Å². The van der Waals surface area contributed by atoms with E-state index in [0.717, 1.165) is 19.3 Å². The molecule has 0 heterocycles. The Hall–Kier alpha value is -1.57. The second-order valence-corrected chi connectivity index (χ2v) is 4.19. The Bertz CT molecular complexity index is 263. The predicted molar refractivity (Wildman–Crippen MR) is 79.7 cm³/mol. The molecule has 22 heavy (non-hydrogen) atoms. The van der Waals surface area contributed by atoms with Crippen molar-refractivity contribution in [3.63, 3.8) is 0 Å². The monoisotopic (exact) mass is 345 g/mol. The van der Waals surface area contributed by atoms with Crippen LogP contribution in [0.25, 0.3) is 0 Å². The van der Waals surface area contributed by atoms with Crippen molar-refractivity contribution in [2.24, 2.45) is 0 Å². The van der Waals surface area contributed by atoms with Crippen LogP contribution in [0.1, 0.15) is 59.3 Å². The largest absolute Gasteiger partial charge is 0.692 e. The van der Waals surface area contributed by atoms with Gasteiger partial charge in [-0.3, -0.25) is 14.4 Å². The quantitative estimate of drug-likeness (QED) is 0.453. The number of carboxylic acid groups (broad SMARTS) is 3.